The number of rotatable bonds is 5. The van der Waals surface area contributed by atoms with Crippen LogP contribution in [0.1, 0.15) is 20.8 Å². The van der Waals surface area contributed by atoms with E-state index in [-0.39, 0.29) is 0 Å². The number of anilines is 2. The zero-order chi connectivity index (χ0) is 13.8. The molecule has 7 nitrogen and oxygen atoms in total. The van der Waals surface area contributed by atoms with E-state index >= 15 is 0 Å². The van der Waals surface area contributed by atoms with Crippen molar-refractivity contribution in [2.75, 3.05) is 23.8 Å². The first kappa shape index (κ1) is 13.3. The quantitative estimate of drug-likeness (QED) is 0.875. The molecule has 0 aromatic carbocycles. The fraction of sp³-hybridized carbons (Fsp3) is 0.500. The van der Waals surface area contributed by atoms with Crippen molar-refractivity contribution in [3.05, 3.63) is 18.7 Å². The van der Waals surface area contributed by atoms with Crippen LogP contribution in [0.2, 0.25) is 0 Å². The molecule has 7 heteroatoms. The van der Waals surface area contributed by atoms with Gasteiger partial charge in [0.15, 0.2) is 0 Å². The largest absolute Gasteiger partial charge is 0.357 e. The number of aromatic nitrogens is 5. The highest BCUT2D eigenvalue weighted by Gasteiger charge is 2.15. The van der Waals surface area contributed by atoms with Crippen LogP contribution in [-0.2, 0) is 0 Å². The molecule has 102 valence electrons. The molecule has 1 N–H and O–H groups in total. The topological polar surface area (TPSA) is 71.8 Å². The summed E-state index contributed by atoms with van der Waals surface area (Å²) >= 11 is 0. The molecule has 0 spiro atoms. The second kappa shape index (κ2) is 5.64. The van der Waals surface area contributed by atoms with Gasteiger partial charge in [0, 0.05) is 32.0 Å². The van der Waals surface area contributed by atoms with E-state index in [1.807, 2.05) is 6.20 Å². The van der Waals surface area contributed by atoms with Crippen LogP contribution in [0.15, 0.2) is 18.7 Å². The van der Waals surface area contributed by atoms with Crippen LogP contribution in [0.5, 0.6) is 0 Å². The summed E-state index contributed by atoms with van der Waals surface area (Å²) in [5, 5.41) is 2.96. The zero-order valence-electron chi connectivity index (χ0n) is 11.7. The van der Waals surface area contributed by atoms with E-state index in [4.69, 9.17) is 0 Å². The normalized spacial score (nSPS) is 10.8. The third kappa shape index (κ3) is 2.81. The molecule has 0 fully saturated rings. The van der Waals surface area contributed by atoms with Gasteiger partial charge in [-0.25, -0.2) is 4.98 Å². The number of nitrogens with zero attached hydrogens (tertiary/aromatic N) is 6. The van der Waals surface area contributed by atoms with Crippen molar-refractivity contribution >= 4 is 11.9 Å². The average molecular weight is 261 g/mol. The summed E-state index contributed by atoms with van der Waals surface area (Å²) in [5.41, 5.74) is 0. The van der Waals surface area contributed by atoms with Gasteiger partial charge >= 0.3 is 0 Å². The molecular formula is C12H19N7. The van der Waals surface area contributed by atoms with Gasteiger partial charge in [-0.15, -0.1) is 0 Å². The number of hydrogen-bond acceptors (Lipinski definition) is 6. The Labute approximate surface area is 112 Å². The lowest BCUT2D eigenvalue weighted by atomic mass is 10.3. The van der Waals surface area contributed by atoms with Crippen molar-refractivity contribution in [2.24, 2.45) is 0 Å². The molecule has 0 saturated heterocycles. The van der Waals surface area contributed by atoms with Crippen molar-refractivity contribution in [3.8, 4) is 5.95 Å². The molecule has 0 unspecified atom stereocenters. The van der Waals surface area contributed by atoms with Crippen LogP contribution in [-0.4, -0.2) is 44.1 Å². The SMILES string of the molecule is CCN(c1nc(NC)nc(-n2ccnc2)n1)C(C)C. The van der Waals surface area contributed by atoms with Gasteiger partial charge in [0.25, 0.3) is 0 Å². The number of nitrogens with one attached hydrogen (secondary N) is 1. The predicted octanol–water partition coefficient (Wildman–Crippen LogP) is 1.33. The first-order chi connectivity index (χ1) is 9.15. The van der Waals surface area contributed by atoms with Crippen LogP contribution >= 0.6 is 0 Å². The van der Waals surface area contributed by atoms with E-state index in [1.54, 1.807) is 24.1 Å². The van der Waals surface area contributed by atoms with E-state index in [0.29, 0.717) is 23.9 Å². The molecular weight excluding hydrogens is 242 g/mol. The lowest BCUT2D eigenvalue weighted by Gasteiger charge is -2.25. The van der Waals surface area contributed by atoms with Crippen molar-refractivity contribution in [3.63, 3.8) is 0 Å². The Morgan fingerprint density at radius 1 is 1.32 bits per heavy atom. The standard InChI is InChI=1S/C12H19N7/c1-5-19(9(2)3)12-16-10(13-4)15-11(17-12)18-7-6-14-8-18/h6-9H,5H2,1-4H3,(H,13,15,16,17). The predicted molar refractivity (Wildman–Crippen MR) is 74.7 cm³/mol. The van der Waals surface area contributed by atoms with Gasteiger partial charge in [0.1, 0.15) is 6.33 Å². The fourth-order valence-corrected chi connectivity index (χ4v) is 1.82. The van der Waals surface area contributed by atoms with E-state index < -0.39 is 0 Å². The van der Waals surface area contributed by atoms with Gasteiger partial charge < -0.3 is 10.2 Å². The van der Waals surface area contributed by atoms with Crippen molar-refractivity contribution < 1.29 is 0 Å². The van der Waals surface area contributed by atoms with E-state index in [1.165, 1.54) is 0 Å². The van der Waals surface area contributed by atoms with Crippen LogP contribution in [0.25, 0.3) is 5.95 Å². The van der Waals surface area contributed by atoms with Gasteiger partial charge in [-0.2, -0.15) is 15.0 Å². The highest BCUT2D eigenvalue weighted by Crippen LogP contribution is 2.15. The van der Waals surface area contributed by atoms with Gasteiger partial charge in [-0.3, -0.25) is 4.57 Å². The summed E-state index contributed by atoms with van der Waals surface area (Å²) in [6.45, 7) is 7.15. The summed E-state index contributed by atoms with van der Waals surface area (Å²) in [4.78, 5) is 19.4. The maximum atomic E-state index is 4.50. The van der Waals surface area contributed by atoms with E-state index in [9.17, 15) is 0 Å². The van der Waals surface area contributed by atoms with Crippen LogP contribution in [0.4, 0.5) is 11.9 Å². The molecule has 0 amide bonds. The molecule has 2 aromatic rings. The molecule has 0 aliphatic rings. The monoisotopic (exact) mass is 261 g/mol. The molecule has 0 aliphatic heterocycles. The summed E-state index contributed by atoms with van der Waals surface area (Å²) in [5.74, 6) is 1.78. The highest BCUT2D eigenvalue weighted by molar-refractivity contribution is 5.40. The third-order valence-electron chi connectivity index (χ3n) is 2.79. The Morgan fingerprint density at radius 2 is 2.11 bits per heavy atom. The Kier molecular flexibility index (Phi) is 3.94. The second-order valence-corrected chi connectivity index (χ2v) is 4.36. The highest BCUT2D eigenvalue weighted by atomic mass is 15.3. The lowest BCUT2D eigenvalue weighted by Crippen LogP contribution is -2.32. The van der Waals surface area contributed by atoms with Gasteiger partial charge in [-0.05, 0) is 20.8 Å². The molecule has 0 bridgehead atoms. The number of hydrogen-bond donors (Lipinski definition) is 1. The summed E-state index contributed by atoms with van der Waals surface area (Å²) < 4.78 is 1.76. The summed E-state index contributed by atoms with van der Waals surface area (Å²) in [6, 6.07) is 0.327. The molecule has 2 aromatic heterocycles. The fourth-order valence-electron chi connectivity index (χ4n) is 1.82. The van der Waals surface area contributed by atoms with Crippen molar-refractivity contribution in [2.45, 2.75) is 26.8 Å². The average Bonchev–Trinajstić information content (AvgIpc) is 2.92. The number of imidazole rings is 1. The van der Waals surface area contributed by atoms with Gasteiger partial charge in [0.2, 0.25) is 17.8 Å². The minimum atomic E-state index is 0.327. The Morgan fingerprint density at radius 3 is 2.63 bits per heavy atom. The van der Waals surface area contributed by atoms with E-state index in [2.05, 4.69) is 50.9 Å². The van der Waals surface area contributed by atoms with Crippen LogP contribution < -0.4 is 10.2 Å². The lowest BCUT2D eigenvalue weighted by molar-refractivity contribution is 0.675. The molecule has 0 saturated carbocycles. The smallest absolute Gasteiger partial charge is 0.241 e. The van der Waals surface area contributed by atoms with Gasteiger partial charge in [0.05, 0.1) is 0 Å². The second-order valence-electron chi connectivity index (χ2n) is 4.36. The summed E-state index contributed by atoms with van der Waals surface area (Å²) in [6.07, 6.45) is 5.18. The molecule has 19 heavy (non-hydrogen) atoms. The zero-order valence-corrected chi connectivity index (χ0v) is 11.7. The van der Waals surface area contributed by atoms with Gasteiger partial charge in [-0.1, -0.05) is 0 Å². The maximum Gasteiger partial charge on any atom is 0.241 e. The Bertz CT molecular complexity index is 521. The van der Waals surface area contributed by atoms with Crippen LogP contribution in [0, 0.1) is 0 Å². The molecule has 0 atom stereocenters. The van der Waals surface area contributed by atoms with E-state index in [0.717, 1.165) is 6.54 Å². The Hall–Kier alpha value is -2.18. The third-order valence-corrected chi connectivity index (χ3v) is 2.79. The van der Waals surface area contributed by atoms with Crippen LogP contribution in [0.3, 0.4) is 0 Å². The Balaban J connectivity index is 2.47. The van der Waals surface area contributed by atoms with Crippen molar-refractivity contribution in [1.82, 2.24) is 24.5 Å². The maximum absolute atomic E-state index is 4.50. The molecule has 0 radical (unpaired) electrons. The summed E-state index contributed by atoms with van der Waals surface area (Å²) in [7, 11) is 1.79. The minimum Gasteiger partial charge on any atom is -0.357 e. The molecule has 2 heterocycles. The molecule has 0 aliphatic carbocycles. The first-order valence-corrected chi connectivity index (χ1v) is 6.34. The molecule has 2 rings (SSSR count). The van der Waals surface area contributed by atoms with Crippen molar-refractivity contribution in [1.29, 1.82) is 0 Å². The first-order valence-electron chi connectivity index (χ1n) is 6.34. The minimum absolute atomic E-state index is 0.327.